The monoisotopic (exact) mass is 469 g/mol. The summed E-state index contributed by atoms with van der Waals surface area (Å²) in [5.41, 5.74) is 1.25. The van der Waals surface area contributed by atoms with E-state index in [1.54, 1.807) is 31.2 Å². The average Bonchev–Trinajstić information content (AvgIpc) is 2.81. The van der Waals surface area contributed by atoms with Gasteiger partial charge in [-0.25, -0.2) is 0 Å². The first-order valence-electron chi connectivity index (χ1n) is 10.9. The molecule has 174 valence electrons. The van der Waals surface area contributed by atoms with Crippen LogP contribution in [0.5, 0.6) is 5.75 Å². The van der Waals surface area contributed by atoms with Crippen molar-refractivity contribution in [3.8, 4) is 5.75 Å². The van der Waals surface area contributed by atoms with Gasteiger partial charge < -0.3 is 20.3 Å². The Kier molecular flexibility index (Phi) is 8.89. The highest BCUT2D eigenvalue weighted by Crippen LogP contribution is 2.23. The highest BCUT2D eigenvalue weighted by atomic mass is 35.5. The summed E-state index contributed by atoms with van der Waals surface area (Å²) in [5, 5.41) is 6.16. The van der Waals surface area contributed by atoms with Gasteiger partial charge in [0.15, 0.2) is 0 Å². The Hall–Kier alpha value is -3.32. The molecule has 0 aromatic heterocycles. The Morgan fingerprint density at radius 3 is 2.73 bits per heavy atom. The molecule has 1 aliphatic rings. The molecule has 0 unspecified atom stereocenters. The number of nitrogens with one attached hydrogen (secondary N) is 2. The van der Waals surface area contributed by atoms with Crippen LogP contribution in [0, 0.1) is 0 Å². The highest BCUT2D eigenvalue weighted by molar-refractivity contribution is 6.31. The third-order valence-electron chi connectivity index (χ3n) is 5.09. The largest absolute Gasteiger partial charge is 0.491 e. The smallest absolute Gasteiger partial charge is 0.255 e. The molecule has 2 aromatic rings. The van der Waals surface area contributed by atoms with Gasteiger partial charge in [0.05, 0.1) is 18.2 Å². The molecule has 0 fully saturated rings. The molecule has 1 heterocycles. The molecule has 0 spiro atoms. The van der Waals surface area contributed by atoms with Crippen molar-refractivity contribution in [3.05, 3.63) is 70.8 Å². The number of hydrogen-bond acceptors (Lipinski definition) is 4. The van der Waals surface area contributed by atoms with Gasteiger partial charge in [0.2, 0.25) is 11.8 Å². The van der Waals surface area contributed by atoms with Crippen molar-refractivity contribution in [2.45, 2.75) is 25.8 Å². The summed E-state index contributed by atoms with van der Waals surface area (Å²) in [7, 11) is 0. The van der Waals surface area contributed by atoms with E-state index in [9.17, 15) is 14.4 Å². The molecular formula is C25H28ClN3O4. The van der Waals surface area contributed by atoms with E-state index in [4.69, 9.17) is 16.3 Å². The van der Waals surface area contributed by atoms with Crippen LogP contribution in [0.4, 0.5) is 0 Å². The molecule has 1 aliphatic heterocycles. The van der Waals surface area contributed by atoms with Crippen LogP contribution < -0.4 is 15.4 Å². The van der Waals surface area contributed by atoms with Crippen LogP contribution in [0.3, 0.4) is 0 Å². The third kappa shape index (κ3) is 7.64. The Labute approximate surface area is 198 Å². The number of ether oxygens (including phenoxy) is 1. The first kappa shape index (κ1) is 24.3. The molecule has 8 heteroatoms. The zero-order valence-electron chi connectivity index (χ0n) is 18.6. The number of carbonyl (C=O) groups is 3. The van der Waals surface area contributed by atoms with E-state index in [0.717, 1.165) is 5.56 Å². The molecular weight excluding hydrogens is 442 g/mol. The van der Waals surface area contributed by atoms with E-state index in [-0.39, 0.29) is 36.9 Å². The molecule has 0 aliphatic carbocycles. The van der Waals surface area contributed by atoms with E-state index in [2.05, 4.69) is 10.6 Å². The van der Waals surface area contributed by atoms with Crippen molar-refractivity contribution in [2.75, 3.05) is 26.2 Å². The van der Waals surface area contributed by atoms with E-state index >= 15 is 0 Å². The van der Waals surface area contributed by atoms with Gasteiger partial charge in [-0.05, 0) is 49.6 Å². The summed E-state index contributed by atoms with van der Waals surface area (Å²) in [6, 6.07) is 14.0. The predicted molar refractivity (Wildman–Crippen MR) is 128 cm³/mol. The molecule has 0 bridgehead atoms. The number of rotatable bonds is 2. The summed E-state index contributed by atoms with van der Waals surface area (Å²) in [6.07, 6.45) is 4.49. The van der Waals surface area contributed by atoms with Gasteiger partial charge in [0, 0.05) is 24.2 Å². The van der Waals surface area contributed by atoms with Crippen LogP contribution in [-0.2, 0) is 9.59 Å². The second-order valence-electron chi connectivity index (χ2n) is 7.89. The molecule has 0 saturated carbocycles. The molecule has 7 nitrogen and oxygen atoms in total. The van der Waals surface area contributed by atoms with Crippen LogP contribution >= 0.6 is 11.6 Å². The number of fused-ring (bicyclic) bond motifs is 1. The normalized spacial score (nSPS) is 18.4. The molecule has 2 N–H and O–H groups in total. The number of carbonyl (C=O) groups excluding carboxylic acids is 3. The van der Waals surface area contributed by atoms with Crippen molar-refractivity contribution >= 4 is 35.4 Å². The van der Waals surface area contributed by atoms with E-state index in [1.807, 2.05) is 30.3 Å². The van der Waals surface area contributed by atoms with Gasteiger partial charge in [-0.2, -0.15) is 0 Å². The van der Waals surface area contributed by atoms with E-state index in [1.165, 1.54) is 11.0 Å². The molecule has 33 heavy (non-hydrogen) atoms. The lowest BCUT2D eigenvalue weighted by molar-refractivity contribution is -0.132. The topological polar surface area (TPSA) is 87.7 Å². The molecule has 3 rings (SSSR count). The fourth-order valence-electron chi connectivity index (χ4n) is 3.38. The lowest BCUT2D eigenvalue weighted by Gasteiger charge is -2.22. The maximum atomic E-state index is 12.8. The van der Waals surface area contributed by atoms with Crippen molar-refractivity contribution in [2.24, 2.45) is 0 Å². The minimum absolute atomic E-state index is 0.0547. The predicted octanol–water partition coefficient (Wildman–Crippen LogP) is 3.29. The summed E-state index contributed by atoms with van der Waals surface area (Å²) in [4.78, 5) is 39.5. The van der Waals surface area contributed by atoms with Gasteiger partial charge >= 0.3 is 0 Å². The summed E-state index contributed by atoms with van der Waals surface area (Å²) in [6.45, 7) is 2.73. The Morgan fingerprint density at radius 1 is 1.15 bits per heavy atom. The fraction of sp³-hybridized carbons (Fsp3) is 0.320. The standard InChI is InChI=1S/C25H28ClN3O4/c1-18-17-33-22-11-10-20(26)15-21(22)25(32)27-13-5-6-14-29(16-23(30)28-18)24(31)12-9-19-7-3-2-4-8-19/h2-4,7-12,15,18H,5-6,13-14,16-17H2,1H3,(H,27,32)(H,28,30)/b12-9+/t18-/m0/s1. The van der Waals surface area contributed by atoms with Gasteiger partial charge in [0.25, 0.3) is 5.91 Å². The number of nitrogens with zero attached hydrogens (tertiary/aromatic N) is 1. The lowest BCUT2D eigenvalue weighted by atomic mass is 10.1. The lowest BCUT2D eigenvalue weighted by Crippen LogP contribution is -2.45. The molecule has 0 radical (unpaired) electrons. The first-order valence-corrected chi connectivity index (χ1v) is 11.3. The van der Waals surface area contributed by atoms with Crippen LogP contribution in [0.1, 0.15) is 35.7 Å². The minimum atomic E-state index is -0.328. The van der Waals surface area contributed by atoms with Crippen LogP contribution in [-0.4, -0.2) is 54.9 Å². The quantitative estimate of drug-likeness (QED) is 0.661. The SMILES string of the molecule is C[C@H]1COc2ccc(Cl)cc2C(=O)NCCCCN(C(=O)/C=C/c2ccccc2)CC(=O)N1. The van der Waals surface area contributed by atoms with Gasteiger partial charge in [-0.3, -0.25) is 14.4 Å². The Balaban J connectivity index is 1.70. The first-order chi connectivity index (χ1) is 15.9. The molecule has 0 saturated heterocycles. The maximum Gasteiger partial charge on any atom is 0.255 e. The second kappa shape index (κ2) is 12.1. The van der Waals surface area contributed by atoms with Crippen molar-refractivity contribution < 1.29 is 19.1 Å². The zero-order valence-corrected chi connectivity index (χ0v) is 19.3. The molecule has 3 amide bonds. The average molecular weight is 470 g/mol. The second-order valence-corrected chi connectivity index (χ2v) is 8.32. The van der Waals surface area contributed by atoms with Gasteiger partial charge in [0.1, 0.15) is 12.4 Å². The fourth-order valence-corrected chi connectivity index (χ4v) is 3.56. The number of benzene rings is 2. The number of amides is 3. The number of halogens is 1. The van der Waals surface area contributed by atoms with Gasteiger partial charge in [-0.1, -0.05) is 41.9 Å². The highest BCUT2D eigenvalue weighted by Gasteiger charge is 2.19. The molecule has 2 aromatic carbocycles. The van der Waals surface area contributed by atoms with Crippen molar-refractivity contribution in [1.29, 1.82) is 0 Å². The third-order valence-corrected chi connectivity index (χ3v) is 5.32. The summed E-state index contributed by atoms with van der Waals surface area (Å²) < 4.78 is 5.79. The molecule has 1 atom stereocenters. The van der Waals surface area contributed by atoms with E-state index < -0.39 is 0 Å². The van der Waals surface area contributed by atoms with Crippen molar-refractivity contribution in [3.63, 3.8) is 0 Å². The van der Waals surface area contributed by atoms with Crippen LogP contribution in [0.25, 0.3) is 6.08 Å². The zero-order chi connectivity index (χ0) is 23.6. The number of hydrogen-bond donors (Lipinski definition) is 2. The van der Waals surface area contributed by atoms with E-state index in [0.29, 0.717) is 42.3 Å². The Bertz CT molecular complexity index is 1010. The minimum Gasteiger partial charge on any atom is -0.491 e. The maximum absolute atomic E-state index is 12.8. The summed E-state index contributed by atoms with van der Waals surface area (Å²) >= 11 is 6.06. The Morgan fingerprint density at radius 2 is 1.94 bits per heavy atom. The van der Waals surface area contributed by atoms with Crippen LogP contribution in [0.2, 0.25) is 5.02 Å². The van der Waals surface area contributed by atoms with Crippen LogP contribution in [0.15, 0.2) is 54.6 Å². The summed E-state index contributed by atoms with van der Waals surface area (Å²) in [5.74, 6) is -0.394. The van der Waals surface area contributed by atoms with Crippen molar-refractivity contribution in [1.82, 2.24) is 15.5 Å². The van der Waals surface area contributed by atoms with Gasteiger partial charge in [-0.15, -0.1) is 0 Å².